The number of amides is 2. The number of sulfone groups is 1. The number of carbonyl (C=O) groups excluding carboxylic acids is 2. The zero-order valence-corrected chi connectivity index (χ0v) is 20.6. The molecule has 3 rings (SSSR count). The first kappa shape index (κ1) is 26.2. The summed E-state index contributed by atoms with van der Waals surface area (Å²) >= 11 is 0. The summed E-state index contributed by atoms with van der Waals surface area (Å²) in [6.07, 6.45) is 0.471. The number of ether oxygens (including phenoxy) is 1. The smallest absolute Gasteiger partial charge is 0.407 e. The third-order valence-electron chi connectivity index (χ3n) is 5.84. The second-order valence-corrected chi connectivity index (χ2v) is 10.9. The third-order valence-corrected chi connectivity index (χ3v) is 6.82. The minimum absolute atomic E-state index is 0.0284. The van der Waals surface area contributed by atoms with Gasteiger partial charge in [0, 0.05) is 18.7 Å². The molecule has 0 saturated carbocycles. The Morgan fingerprint density at radius 2 is 1.63 bits per heavy atom. The highest BCUT2D eigenvalue weighted by Crippen LogP contribution is 2.44. The molecule has 2 aromatic carbocycles. The quantitative estimate of drug-likeness (QED) is 0.483. The maximum Gasteiger partial charge on any atom is 0.407 e. The number of nitrogens with one attached hydrogen (secondary N) is 1. The van der Waals surface area contributed by atoms with Crippen LogP contribution in [-0.2, 0) is 24.2 Å². The monoisotopic (exact) mass is 502 g/mol. The van der Waals surface area contributed by atoms with E-state index in [2.05, 4.69) is 5.32 Å². The van der Waals surface area contributed by atoms with Gasteiger partial charge in [0.05, 0.1) is 5.75 Å². The lowest BCUT2D eigenvalue weighted by molar-refractivity contribution is -0.145. The molecule has 0 saturated heterocycles. The van der Waals surface area contributed by atoms with Crippen molar-refractivity contribution in [2.45, 2.75) is 31.7 Å². The van der Waals surface area contributed by atoms with E-state index < -0.39 is 40.4 Å². The molecule has 10 heteroatoms. The Morgan fingerprint density at radius 3 is 2.14 bits per heavy atom. The summed E-state index contributed by atoms with van der Waals surface area (Å²) in [5, 5.41) is 11.6. The summed E-state index contributed by atoms with van der Waals surface area (Å²) in [7, 11) is -3.42. The Labute approximate surface area is 205 Å². The lowest BCUT2D eigenvalue weighted by atomic mass is 9.98. The van der Waals surface area contributed by atoms with Crippen molar-refractivity contribution in [1.29, 1.82) is 0 Å². The normalized spacial score (nSPS) is 13.4. The molecular formula is C25H30N2O7S. The number of nitrogens with zero attached hydrogens (tertiary/aromatic N) is 1. The van der Waals surface area contributed by atoms with Crippen molar-refractivity contribution in [1.82, 2.24) is 10.2 Å². The first-order valence-corrected chi connectivity index (χ1v) is 13.5. The third kappa shape index (κ3) is 6.82. The summed E-state index contributed by atoms with van der Waals surface area (Å²) in [5.74, 6) is -2.39. The molecule has 0 radical (unpaired) electrons. The Bertz CT molecular complexity index is 1150. The van der Waals surface area contributed by atoms with Gasteiger partial charge in [-0.1, -0.05) is 55.5 Å². The number of alkyl carbamates (subject to hydrolysis) is 1. The van der Waals surface area contributed by atoms with E-state index in [4.69, 9.17) is 9.84 Å². The van der Waals surface area contributed by atoms with E-state index in [9.17, 15) is 22.8 Å². The van der Waals surface area contributed by atoms with Crippen LogP contribution < -0.4 is 5.32 Å². The zero-order valence-electron chi connectivity index (χ0n) is 19.8. The number of rotatable bonds is 11. The minimum atomic E-state index is -3.42. The van der Waals surface area contributed by atoms with E-state index >= 15 is 0 Å². The summed E-state index contributed by atoms with van der Waals surface area (Å²) in [6.45, 7) is 1.43. The van der Waals surface area contributed by atoms with Crippen LogP contribution in [0.15, 0.2) is 48.5 Å². The van der Waals surface area contributed by atoms with Crippen molar-refractivity contribution in [2.75, 3.05) is 31.7 Å². The van der Waals surface area contributed by atoms with Gasteiger partial charge >= 0.3 is 12.1 Å². The molecule has 35 heavy (non-hydrogen) atoms. The van der Waals surface area contributed by atoms with Gasteiger partial charge in [-0.25, -0.2) is 13.2 Å². The fourth-order valence-electron chi connectivity index (χ4n) is 4.29. The van der Waals surface area contributed by atoms with Gasteiger partial charge in [-0.15, -0.1) is 0 Å². The molecule has 0 heterocycles. The molecule has 0 spiro atoms. The molecule has 0 aliphatic heterocycles. The summed E-state index contributed by atoms with van der Waals surface area (Å²) in [5.41, 5.74) is 4.20. The van der Waals surface area contributed by atoms with E-state index in [0.29, 0.717) is 6.42 Å². The highest BCUT2D eigenvalue weighted by molar-refractivity contribution is 7.90. The first-order chi connectivity index (χ1) is 16.6. The van der Waals surface area contributed by atoms with Crippen molar-refractivity contribution in [3.05, 3.63) is 59.7 Å². The number of benzene rings is 2. The average Bonchev–Trinajstić information content (AvgIpc) is 3.12. The van der Waals surface area contributed by atoms with Gasteiger partial charge < -0.3 is 20.1 Å². The Kier molecular flexibility index (Phi) is 8.50. The predicted molar refractivity (Wildman–Crippen MR) is 131 cm³/mol. The van der Waals surface area contributed by atoms with Crippen molar-refractivity contribution in [2.24, 2.45) is 0 Å². The van der Waals surface area contributed by atoms with E-state index in [1.54, 1.807) is 6.92 Å². The van der Waals surface area contributed by atoms with Crippen LogP contribution in [0.3, 0.4) is 0 Å². The largest absolute Gasteiger partial charge is 0.480 e. The van der Waals surface area contributed by atoms with Gasteiger partial charge in [-0.2, -0.15) is 0 Å². The number of hydrogen-bond donors (Lipinski definition) is 2. The predicted octanol–water partition coefficient (Wildman–Crippen LogP) is 2.65. The SMILES string of the molecule is CCCN(CC(=O)O)C(=O)C(CCS(C)(=O)=O)NC(=O)OCC1c2ccccc2-c2ccccc21. The summed E-state index contributed by atoms with van der Waals surface area (Å²) < 4.78 is 28.9. The van der Waals surface area contributed by atoms with Gasteiger partial charge in [0.2, 0.25) is 5.91 Å². The number of hydrogen-bond acceptors (Lipinski definition) is 6. The Balaban J connectivity index is 1.73. The van der Waals surface area contributed by atoms with Gasteiger partial charge in [0.25, 0.3) is 0 Å². The number of carboxylic acids is 1. The lowest BCUT2D eigenvalue weighted by Gasteiger charge is -2.26. The molecule has 1 aliphatic rings. The molecule has 2 amide bonds. The van der Waals surface area contributed by atoms with E-state index in [1.807, 2.05) is 48.5 Å². The molecule has 1 aliphatic carbocycles. The van der Waals surface area contributed by atoms with Crippen molar-refractivity contribution in [3.63, 3.8) is 0 Å². The second kappa shape index (κ2) is 11.4. The molecule has 2 aromatic rings. The van der Waals surface area contributed by atoms with Crippen LogP contribution in [0.4, 0.5) is 4.79 Å². The Morgan fingerprint density at radius 1 is 1.06 bits per heavy atom. The van der Waals surface area contributed by atoms with Crippen LogP contribution in [0, 0.1) is 0 Å². The molecule has 9 nitrogen and oxygen atoms in total. The molecule has 0 bridgehead atoms. The van der Waals surface area contributed by atoms with Crippen LogP contribution in [0.2, 0.25) is 0 Å². The number of carboxylic acid groups (broad SMARTS) is 1. The van der Waals surface area contributed by atoms with Crippen LogP contribution in [0.5, 0.6) is 0 Å². The second-order valence-electron chi connectivity index (χ2n) is 8.59. The van der Waals surface area contributed by atoms with Crippen LogP contribution in [-0.4, -0.2) is 74.1 Å². The summed E-state index contributed by atoms with van der Waals surface area (Å²) in [6, 6.07) is 14.5. The molecule has 0 fully saturated rings. The summed E-state index contributed by atoms with van der Waals surface area (Å²) in [4.78, 5) is 38.0. The maximum atomic E-state index is 13.0. The van der Waals surface area contributed by atoms with Gasteiger partial charge in [-0.3, -0.25) is 9.59 Å². The molecule has 0 aromatic heterocycles. The highest BCUT2D eigenvalue weighted by Gasteiger charge is 2.31. The number of carbonyl (C=O) groups is 3. The first-order valence-electron chi connectivity index (χ1n) is 11.4. The zero-order chi connectivity index (χ0) is 25.6. The fraction of sp³-hybridized carbons (Fsp3) is 0.400. The molecule has 1 atom stereocenters. The van der Waals surface area contributed by atoms with Crippen LogP contribution in [0.25, 0.3) is 11.1 Å². The number of fused-ring (bicyclic) bond motifs is 3. The highest BCUT2D eigenvalue weighted by atomic mass is 32.2. The Hall–Kier alpha value is -3.40. The lowest BCUT2D eigenvalue weighted by Crippen LogP contribution is -2.51. The molecular weight excluding hydrogens is 472 g/mol. The van der Waals surface area contributed by atoms with Crippen LogP contribution >= 0.6 is 0 Å². The van der Waals surface area contributed by atoms with E-state index in [1.165, 1.54) is 0 Å². The average molecular weight is 503 g/mol. The maximum absolute atomic E-state index is 13.0. The topological polar surface area (TPSA) is 130 Å². The van der Waals surface area contributed by atoms with Crippen LogP contribution in [0.1, 0.15) is 36.8 Å². The van der Waals surface area contributed by atoms with E-state index in [-0.39, 0.29) is 31.2 Å². The van der Waals surface area contributed by atoms with Gasteiger partial charge in [0.1, 0.15) is 29.0 Å². The van der Waals surface area contributed by atoms with E-state index in [0.717, 1.165) is 33.4 Å². The molecule has 188 valence electrons. The van der Waals surface area contributed by atoms with Gasteiger partial charge in [-0.05, 0) is 35.1 Å². The fourth-order valence-corrected chi connectivity index (χ4v) is 4.96. The molecule has 2 N–H and O–H groups in total. The van der Waals surface area contributed by atoms with Crippen molar-refractivity contribution < 1.29 is 32.6 Å². The van der Waals surface area contributed by atoms with Crippen molar-refractivity contribution in [3.8, 4) is 11.1 Å². The van der Waals surface area contributed by atoms with Crippen molar-refractivity contribution >= 4 is 27.8 Å². The standard InChI is InChI=1S/C25H30N2O7S/c1-3-13-27(15-23(28)29)24(30)22(12-14-35(2,32)33)26-25(31)34-16-21-19-10-6-4-8-17(19)18-9-5-7-11-20(18)21/h4-11,21-22H,3,12-16H2,1-2H3,(H,26,31)(H,28,29). The minimum Gasteiger partial charge on any atom is -0.480 e. The van der Waals surface area contributed by atoms with Gasteiger partial charge in [0.15, 0.2) is 0 Å². The number of aliphatic carboxylic acids is 1. The molecule has 1 unspecified atom stereocenters.